The smallest absolute Gasteiger partial charge is 0.241 e. The molecule has 1 amide bonds. The Bertz CT molecular complexity index is 1030. The van der Waals surface area contributed by atoms with Crippen LogP contribution in [0, 0.1) is 0 Å². The monoisotopic (exact) mass is 430 g/mol. The van der Waals surface area contributed by atoms with Crippen LogP contribution in [0.2, 0.25) is 0 Å². The number of amides is 1. The van der Waals surface area contributed by atoms with E-state index < -0.39 is 9.84 Å². The van der Waals surface area contributed by atoms with Crippen LogP contribution in [-0.2, 0) is 21.1 Å². The predicted molar refractivity (Wildman–Crippen MR) is 115 cm³/mol. The maximum Gasteiger partial charge on any atom is 0.241 e. The number of anilines is 1. The third-order valence-corrected chi connectivity index (χ3v) is 7.59. The summed E-state index contributed by atoms with van der Waals surface area (Å²) < 4.78 is 35.7. The Morgan fingerprint density at radius 2 is 1.73 bits per heavy atom. The van der Waals surface area contributed by atoms with Crippen molar-refractivity contribution in [3.05, 3.63) is 54.1 Å². The number of hydrogen-bond acceptors (Lipinski definition) is 6. The Morgan fingerprint density at radius 3 is 2.43 bits per heavy atom. The summed E-state index contributed by atoms with van der Waals surface area (Å²) in [5, 5.41) is 0. The fourth-order valence-electron chi connectivity index (χ4n) is 4.47. The SMILES string of the molecule is COc1ccc(OC)c(CCN2CC(=O)N(c3ccccc3)[C@@H]3CS(=O)(=O)C[C@@H]32)c1. The summed E-state index contributed by atoms with van der Waals surface area (Å²) in [5.41, 5.74) is 1.72. The van der Waals surface area contributed by atoms with Crippen molar-refractivity contribution in [2.24, 2.45) is 0 Å². The van der Waals surface area contributed by atoms with E-state index in [1.165, 1.54) is 0 Å². The van der Waals surface area contributed by atoms with Crippen molar-refractivity contribution in [2.75, 3.05) is 43.7 Å². The van der Waals surface area contributed by atoms with Gasteiger partial charge in [-0.15, -0.1) is 0 Å². The van der Waals surface area contributed by atoms with Gasteiger partial charge in [-0.2, -0.15) is 0 Å². The molecule has 2 fully saturated rings. The molecule has 4 rings (SSSR count). The summed E-state index contributed by atoms with van der Waals surface area (Å²) in [7, 11) is 0.0175. The zero-order chi connectivity index (χ0) is 21.3. The first-order valence-corrected chi connectivity index (χ1v) is 11.8. The molecule has 2 atom stereocenters. The van der Waals surface area contributed by atoms with Crippen molar-refractivity contribution in [1.29, 1.82) is 0 Å². The summed E-state index contributed by atoms with van der Waals surface area (Å²) in [6, 6.07) is 14.4. The molecule has 0 spiro atoms. The molecule has 0 N–H and O–H groups in total. The number of methoxy groups -OCH3 is 2. The summed E-state index contributed by atoms with van der Waals surface area (Å²) in [5.74, 6) is 1.48. The van der Waals surface area contributed by atoms with Crippen LogP contribution in [0.3, 0.4) is 0 Å². The molecule has 0 bridgehead atoms. The molecule has 7 nitrogen and oxygen atoms in total. The first kappa shape index (κ1) is 20.7. The maximum absolute atomic E-state index is 13.0. The van der Waals surface area contributed by atoms with Crippen LogP contribution in [0.25, 0.3) is 0 Å². The fourth-order valence-corrected chi connectivity index (χ4v) is 6.45. The number of para-hydroxylation sites is 1. The Labute approximate surface area is 177 Å². The van der Waals surface area contributed by atoms with Crippen molar-refractivity contribution >= 4 is 21.4 Å². The number of carbonyl (C=O) groups is 1. The Morgan fingerprint density at radius 1 is 1.00 bits per heavy atom. The van der Waals surface area contributed by atoms with Crippen LogP contribution in [0.4, 0.5) is 5.69 Å². The van der Waals surface area contributed by atoms with Gasteiger partial charge in [0.1, 0.15) is 11.5 Å². The van der Waals surface area contributed by atoms with Crippen molar-refractivity contribution in [2.45, 2.75) is 18.5 Å². The van der Waals surface area contributed by atoms with Gasteiger partial charge in [0.15, 0.2) is 9.84 Å². The van der Waals surface area contributed by atoms with Gasteiger partial charge in [0.2, 0.25) is 5.91 Å². The highest BCUT2D eigenvalue weighted by Crippen LogP contribution is 2.32. The van der Waals surface area contributed by atoms with Crippen molar-refractivity contribution in [1.82, 2.24) is 4.90 Å². The van der Waals surface area contributed by atoms with E-state index in [0.29, 0.717) is 13.0 Å². The van der Waals surface area contributed by atoms with Crippen LogP contribution in [-0.4, -0.2) is 70.1 Å². The first-order valence-electron chi connectivity index (χ1n) is 9.94. The summed E-state index contributed by atoms with van der Waals surface area (Å²) in [6.45, 7) is 0.756. The molecule has 160 valence electrons. The highest BCUT2D eigenvalue weighted by molar-refractivity contribution is 7.91. The largest absolute Gasteiger partial charge is 0.497 e. The number of ether oxygens (including phenoxy) is 2. The van der Waals surface area contributed by atoms with Gasteiger partial charge in [-0.25, -0.2) is 8.42 Å². The van der Waals surface area contributed by atoms with Crippen LogP contribution in [0.1, 0.15) is 5.56 Å². The minimum atomic E-state index is -3.21. The third-order valence-electron chi connectivity index (χ3n) is 5.89. The molecule has 2 aliphatic rings. The van der Waals surface area contributed by atoms with Crippen molar-refractivity contribution in [3.8, 4) is 11.5 Å². The van der Waals surface area contributed by atoms with Gasteiger partial charge in [-0.3, -0.25) is 9.69 Å². The quantitative estimate of drug-likeness (QED) is 0.695. The van der Waals surface area contributed by atoms with E-state index in [0.717, 1.165) is 22.7 Å². The number of piperazine rings is 1. The second-order valence-corrected chi connectivity index (χ2v) is 9.86. The van der Waals surface area contributed by atoms with Gasteiger partial charge in [0, 0.05) is 18.3 Å². The van der Waals surface area contributed by atoms with Crippen LogP contribution < -0.4 is 14.4 Å². The number of fused-ring (bicyclic) bond motifs is 1. The van der Waals surface area contributed by atoms with E-state index >= 15 is 0 Å². The molecule has 0 radical (unpaired) electrons. The molecule has 8 heteroatoms. The van der Waals surface area contributed by atoms with Gasteiger partial charge in [0.05, 0.1) is 38.3 Å². The molecule has 30 heavy (non-hydrogen) atoms. The van der Waals surface area contributed by atoms with E-state index in [9.17, 15) is 13.2 Å². The lowest BCUT2D eigenvalue weighted by atomic mass is 10.0. The lowest BCUT2D eigenvalue weighted by molar-refractivity contribution is -0.123. The molecule has 2 aromatic carbocycles. The number of nitrogens with zero attached hydrogens (tertiary/aromatic N) is 2. The van der Waals surface area contributed by atoms with Gasteiger partial charge in [-0.1, -0.05) is 18.2 Å². The molecule has 2 aromatic rings. The Kier molecular flexibility index (Phi) is 5.71. The second kappa shape index (κ2) is 8.28. The van der Waals surface area contributed by atoms with Crippen LogP contribution in [0.15, 0.2) is 48.5 Å². The van der Waals surface area contributed by atoms with E-state index in [-0.39, 0.29) is 36.0 Å². The molecular weight excluding hydrogens is 404 g/mol. The molecule has 0 aliphatic carbocycles. The van der Waals surface area contributed by atoms with Crippen LogP contribution in [0.5, 0.6) is 11.5 Å². The number of sulfone groups is 1. The summed E-state index contributed by atoms with van der Waals surface area (Å²) >= 11 is 0. The van der Waals surface area contributed by atoms with E-state index in [4.69, 9.17) is 9.47 Å². The van der Waals surface area contributed by atoms with Gasteiger partial charge >= 0.3 is 0 Å². The zero-order valence-electron chi connectivity index (χ0n) is 17.2. The molecule has 2 heterocycles. The van der Waals surface area contributed by atoms with Crippen molar-refractivity contribution in [3.63, 3.8) is 0 Å². The molecule has 0 unspecified atom stereocenters. The average molecular weight is 431 g/mol. The maximum atomic E-state index is 13.0. The fraction of sp³-hybridized carbons (Fsp3) is 0.409. The first-order chi connectivity index (χ1) is 14.4. The lowest BCUT2D eigenvalue weighted by Gasteiger charge is -2.43. The predicted octanol–water partition coefficient (Wildman–Crippen LogP) is 1.76. The normalized spacial score (nSPS) is 23.3. The number of hydrogen-bond donors (Lipinski definition) is 0. The van der Waals surface area contributed by atoms with Gasteiger partial charge in [0.25, 0.3) is 0 Å². The standard InChI is InChI=1S/C22H26N2O5S/c1-28-18-8-9-21(29-2)16(12-18)10-11-23-13-22(25)24(17-6-4-3-5-7-17)20-15-30(26,27)14-19(20)23/h3-9,12,19-20H,10-11,13-15H2,1-2H3/t19-,20+/m0/s1. The van der Waals surface area contributed by atoms with Crippen molar-refractivity contribution < 1.29 is 22.7 Å². The van der Waals surface area contributed by atoms with Crippen LogP contribution >= 0.6 is 0 Å². The summed E-state index contributed by atoms with van der Waals surface area (Å²) in [4.78, 5) is 16.7. The number of rotatable bonds is 6. The molecule has 2 aliphatic heterocycles. The lowest BCUT2D eigenvalue weighted by Crippen LogP contribution is -2.62. The highest BCUT2D eigenvalue weighted by Gasteiger charge is 2.49. The third kappa shape index (κ3) is 4.02. The molecule has 0 aromatic heterocycles. The molecule has 0 saturated carbocycles. The number of benzene rings is 2. The average Bonchev–Trinajstić information content (AvgIpc) is 3.07. The van der Waals surface area contributed by atoms with Gasteiger partial charge < -0.3 is 14.4 Å². The van der Waals surface area contributed by atoms with E-state index in [1.54, 1.807) is 19.1 Å². The second-order valence-electron chi connectivity index (χ2n) is 7.71. The topological polar surface area (TPSA) is 76.2 Å². The van der Waals surface area contributed by atoms with E-state index in [2.05, 4.69) is 0 Å². The Balaban J connectivity index is 1.58. The molecular formula is C22H26N2O5S. The zero-order valence-corrected chi connectivity index (χ0v) is 18.0. The highest BCUT2D eigenvalue weighted by atomic mass is 32.2. The van der Waals surface area contributed by atoms with Gasteiger partial charge in [-0.05, 0) is 42.3 Å². The Hall–Kier alpha value is -2.58. The van der Waals surface area contributed by atoms with E-state index in [1.807, 2.05) is 53.4 Å². The number of carbonyl (C=O) groups excluding carboxylic acids is 1. The minimum absolute atomic E-state index is 0.00270. The minimum Gasteiger partial charge on any atom is -0.497 e. The summed E-state index contributed by atoms with van der Waals surface area (Å²) in [6.07, 6.45) is 0.627. The molecule has 2 saturated heterocycles.